The summed E-state index contributed by atoms with van der Waals surface area (Å²) in [4.78, 5) is 20.8. The van der Waals surface area contributed by atoms with Crippen LogP contribution in [0.25, 0.3) is 22.4 Å². The Balaban J connectivity index is 2.23. The van der Waals surface area contributed by atoms with Crippen LogP contribution in [0.1, 0.15) is 23.0 Å². The molecule has 1 N–H and O–H groups in total. The van der Waals surface area contributed by atoms with Crippen LogP contribution in [0.4, 0.5) is 0 Å². The van der Waals surface area contributed by atoms with Gasteiger partial charge < -0.3 is 9.84 Å². The fraction of sp³-hybridized carbons (Fsp3) is 0.200. The van der Waals surface area contributed by atoms with Crippen molar-refractivity contribution < 1.29 is 9.32 Å². The molecule has 0 bridgehead atoms. The molecule has 0 saturated carbocycles. The Hall–Kier alpha value is -2.76. The predicted molar refractivity (Wildman–Crippen MR) is 77.8 cm³/mol. The highest BCUT2D eigenvalue weighted by atomic mass is 16.5. The van der Waals surface area contributed by atoms with Crippen molar-refractivity contribution in [2.75, 3.05) is 6.54 Å². The van der Waals surface area contributed by atoms with Crippen molar-refractivity contribution in [3.63, 3.8) is 0 Å². The molecule has 0 aliphatic heterocycles. The molecule has 3 rings (SSSR count). The van der Waals surface area contributed by atoms with Gasteiger partial charge in [0.05, 0.1) is 22.3 Å². The Morgan fingerprint density at radius 3 is 3.00 bits per heavy atom. The zero-order valence-corrected chi connectivity index (χ0v) is 11.8. The smallest absolute Gasteiger partial charge is 0.259 e. The molecule has 0 aromatic carbocycles. The molecule has 0 unspecified atom stereocenters. The van der Waals surface area contributed by atoms with E-state index in [2.05, 4.69) is 20.4 Å². The van der Waals surface area contributed by atoms with Gasteiger partial charge in [-0.25, -0.2) is 4.98 Å². The molecule has 0 saturated heterocycles. The maximum absolute atomic E-state index is 12.3. The van der Waals surface area contributed by atoms with E-state index in [-0.39, 0.29) is 5.91 Å². The number of amides is 1. The summed E-state index contributed by atoms with van der Waals surface area (Å²) in [5.74, 6) is -0.165. The Labute approximate surface area is 121 Å². The van der Waals surface area contributed by atoms with Crippen LogP contribution in [0, 0.1) is 6.92 Å². The van der Waals surface area contributed by atoms with Crippen LogP contribution in [-0.2, 0) is 0 Å². The van der Waals surface area contributed by atoms with Gasteiger partial charge >= 0.3 is 0 Å². The molecule has 0 aliphatic rings. The lowest BCUT2D eigenvalue weighted by molar-refractivity contribution is 0.0957. The van der Waals surface area contributed by atoms with Crippen LogP contribution in [0.15, 0.2) is 35.1 Å². The van der Waals surface area contributed by atoms with Crippen LogP contribution in [0.3, 0.4) is 0 Å². The third-order valence-electron chi connectivity index (χ3n) is 3.16. The lowest BCUT2D eigenvalue weighted by atomic mass is 10.1. The number of fused-ring (bicyclic) bond motifs is 1. The molecule has 6 heteroatoms. The first-order valence-electron chi connectivity index (χ1n) is 6.66. The highest BCUT2D eigenvalue weighted by Crippen LogP contribution is 2.26. The number of aromatic nitrogens is 3. The summed E-state index contributed by atoms with van der Waals surface area (Å²) in [5.41, 5.74) is 2.97. The second-order valence-corrected chi connectivity index (χ2v) is 4.60. The molecule has 21 heavy (non-hydrogen) atoms. The average Bonchev–Trinajstić information content (AvgIpc) is 2.89. The third-order valence-corrected chi connectivity index (χ3v) is 3.16. The van der Waals surface area contributed by atoms with Crippen molar-refractivity contribution >= 4 is 17.0 Å². The highest BCUT2D eigenvalue weighted by Gasteiger charge is 2.18. The van der Waals surface area contributed by atoms with Gasteiger partial charge in [-0.3, -0.25) is 9.78 Å². The summed E-state index contributed by atoms with van der Waals surface area (Å²) in [7, 11) is 0. The molecule has 3 aromatic heterocycles. The van der Waals surface area contributed by atoms with Gasteiger partial charge in [0.25, 0.3) is 11.6 Å². The number of pyridine rings is 2. The van der Waals surface area contributed by atoms with E-state index in [1.54, 1.807) is 25.4 Å². The monoisotopic (exact) mass is 282 g/mol. The molecule has 6 nitrogen and oxygen atoms in total. The van der Waals surface area contributed by atoms with Gasteiger partial charge in [0.2, 0.25) is 0 Å². The molecule has 106 valence electrons. The molecule has 0 atom stereocenters. The van der Waals surface area contributed by atoms with E-state index < -0.39 is 0 Å². The summed E-state index contributed by atoms with van der Waals surface area (Å²) in [6, 6.07) is 5.44. The zero-order chi connectivity index (χ0) is 14.8. The number of nitrogens with one attached hydrogen (secondary N) is 1. The van der Waals surface area contributed by atoms with Crippen molar-refractivity contribution in [3.05, 3.63) is 41.9 Å². The van der Waals surface area contributed by atoms with E-state index >= 15 is 0 Å². The first-order chi connectivity index (χ1) is 10.2. The van der Waals surface area contributed by atoms with Gasteiger partial charge in [-0.05, 0) is 32.0 Å². The maximum Gasteiger partial charge on any atom is 0.259 e. The zero-order valence-electron chi connectivity index (χ0n) is 11.8. The largest absolute Gasteiger partial charge is 0.352 e. The lowest BCUT2D eigenvalue weighted by Gasteiger charge is -2.06. The summed E-state index contributed by atoms with van der Waals surface area (Å²) in [6.07, 6.45) is 3.38. The third kappa shape index (κ3) is 2.35. The van der Waals surface area contributed by atoms with Crippen LogP contribution in [-0.4, -0.2) is 27.6 Å². The molecule has 3 aromatic rings. The second-order valence-electron chi connectivity index (χ2n) is 4.60. The Morgan fingerprint density at radius 1 is 1.43 bits per heavy atom. The quantitative estimate of drug-likeness (QED) is 0.797. The number of carbonyl (C=O) groups is 1. The van der Waals surface area contributed by atoms with Crippen LogP contribution in [0.5, 0.6) is 0 Å². The standard InChI is InChI=1S/C15H14N4O2/c1-3-17-14(20)11-7-12(10-5-4-6-16-8-10)18-15-13(11)9(2)19-21-15/h4-8H,3H2,1-2H3,(H,17,20). The van der Waals surface area contributed by atoms with Gasteiger partial charge in [-0.1, -0.05) is 5.16 Å². The van der Waals surface area contributed by atoms with Crippen molar-refractivity contribution in [2.45, 2.75) is 13.8 Å². The summed E-state index contributed by atoms with van der Waals surface area (Å²) in [6.45, 7) is 4.22. The van der Waals surface area contributed by atoms with Crippen LogP contribution in [0.2, 0.25) is 0 Å². The first-order valence-corrected chi connectivity index (χ1v) is 6.66. The molecule has 0 fully saturated rings. The minimum Gasteiger partial charge on any atom is -0.352 e. The summed E-state index contributed by atoms with van der Waals surface area (Å²) >= 11 is 0. The first kappa shape index (κ1) is 13.2. The molecular weight excluding hydrogens is 268 g/mol. The van der Waals surface area contributed by atoms with Gasteiger partial charge in [0.15, 0.2) is 0 Å². The van der Waals surface area contributed by atoms with Gasteiger partial charge in [0, 0.05) is 24.5 Å². The van der Waals surface area contributed by atoms with E-state index in [4.69, 9.17) is 4.52 Å². The van der Waals surface area contributed by atoms with E-state index in [0.717, 1.165) is 5.56 Å². The van der Waals surface area contributed by atoms with E-state index in [9.17, 15) is 4.79 Å². The molecule has 0 spiro atoms. The minimum absolute atomic E-state index is 0.165. The van der Waals surface area contributed by atoms with Gasteiger partial charge in [-0.15, -0.1) is 0 Å². The molecular formula is C15H14N4O2. The maximum atomic E-state index is 12.3. The normalized spacial score (nSPS) is 10.8. The highest BCUT2D eigenvalue weighted by molar-refractivity contribution is 6.06. The van der Waals surface area contributed by atoms with Crippen molar-refractivity contribution in [1.29, 1.82) is 0 Å². The number of hydrogen-bond acceptors (Lipinski definition) is 5. The lowest BCUT2D eigenvalue weighted by Crippen LogP contribution is -2.23. The van der Waals surface area contributed by atoms with Crippen molar-refractivity contribution in [3.8, 4) is 11.3 Å². The topological polar surface area (TPSA) is 80.9 Å². The van der Waals surface area contributed by atoms with Gasteiger partial charge in [-0.2, -0.15) is 0 Å². The van der Waals surface area contributed by atoms with Crippen molar-refractivity contribution in [2.24, 2.45) is 0 Å². The fourth-order valence-corrected chi connectivity index (χ4v) is 2.19. The van der Waals surface area contributed by atoms with Crippen LogP contribution < -0.4 is 5.32 Å². The molecule has 1 amide bonds. The number of carbonyl (C=O) groups excluding carboxylic acids is 1. The van der Waals surface area contributed by atoms with E-state index in [1.165, 1.54) is 0 Å². The van der Waals surface area contributed by atoms with E-state index in [1.807, 2.05) is 19.1 Å². The Bertz CT molecular complexity index is 796. The fourth-order valence-electron chi connectivity index (χ4n) is 2.19. The molecule has 0 aliphatic carbocycles. The van der Waals surface area contributed by atoms with E-state index in [0.29, 0.717) is 34.6 Å². The van der Waals surface area contributed by atoms with Crippen LogP contribution >= 0.6 is 0 Å². The number of rotatable bonds is 3. The number of hydrogen-bond donors (Lipinski definition) is 1. The van der Waals surface area contributed by atoms with Gasteiger partial charge in [0.1, 0.15) is 0 Å². The minimum atomic E-state index is -0.165. The Kier molecular flexibility index (Phi) is 3.35. The molecule has 0 radical (unpaired) electrons. The second kappa shape index (κ2) is 5.32. The predicted octanol–water partition coefficient (Wildman–Crippen LogP) is 2.34. The number of nitrogens with zero attached hydrogens (tertiary/aromatic N) is 3. The molecule has 3 heterocycles. The average molecular weight is 282 g/mol. The number of aryl methyl sites for hydroxylation is 1. The summed E-state index contributed by atoms with van der Waals surface area (Å²) < 4.78 is 5.22. The SMILES string of the molecule is CCNC(=O)c1cc(-c2cccnc2)nc2onc(C)c12. The van der Waals surface area contributed by atoms with Crippen molar-refractivity contribution in [1.82, 2.24) is 20.4 Å². The summed E-state index contributed by atoms with van der Waals surface area (Å²) in [5, 5.41) is 7.35. The Morgan fingerprint density at radius 2 is 2.29 bits per heavy atom.